The summed E-state index contributed by atoms with van der Waals surface area (Å²) in [7, 11) is 0. The van der Waals surface area contributed by atoms with E-state index in [0.717, 1.165) is 64.2 Å². The predicted octanol–water partition coefficient (Wildman–Crippen LogP) is 7.45. The second-order valence-corrected chi connectivity index (χ2v) is 6.75. The minimum Gasteiger partial charge on any atom is -0.115 e. The van der Waals surface area contributed by atoms with Crippen molar-refractivity contribution in [1.82, 2.24) is 0 Å². The van der Waals surface area contributed by atoms with Crippen LogP contribution in [0, 0.1) is 47.9 Å². The van der Waals surface area contributed by atoms with Crippen molar-refractivity contribution in [3.8, 4) is 47.9 Å². The van der Waals surface area contributed by atoms with Crippen molar-refractivity contribution in [2.24, 2.45) is 0 Å². The average molecular weight is 363 g/mol. The van der Waals surface area contributed by atoms with E-state index in [1.807, 2.05) is 6.08 Å². The smallest absolute Gasteiger partial charge is 0.00916 e. The first-order valence-corrected chi connectivity index (χ1v) is 10.9. The van der Waals surface area contributed by atoms with Gasteiger partial charge >= 0.3 is 0 Å². The predicted molar refractivity (Wildman–Crippen MR) is 121 cm³/mol. The van der Waals surface area contributed by atoms with Gasteiger partial charge in [-0.3, -0.25) is 0 Å². The molecule has 0 saturated carbocycles. The molecular formula is C27H38. The van der Waals surface area contributed by atoms with Gasteiger partial charge in [0.2, 0.25) is 0 Å². The van der Waals surface area contributed by atoms with Crippen LogP contribution >= 0.6 is 0 Å². The molecule has 0 unspecified atom stereocenters. The zero-order valence-electron chi connectivity index (χ0n) is 17.5. The molecule has 0 aliphatic carbocycles. The summed E-state index contributed by atoms with van der Waals surface area (Å²) in [5.41, 5.74) is 0. The first-order valence-electron chi connectivity index (χ1n) is 10.9. The van der Waals surface area contributed by atoms with E-state index in [-0.39, 0.29) is 0 Å². The number of terminal acetylenes is 1. The average Bonchev–Trinajstić information content (AvgIpc) is 2.68. The van der Waals surface area contributed by atoms with E-state index < -0.39 is 0 Å². The van der Waals surface area contributed by atoms with Crippen LogP contribution in [0.25, 0.3) is 0 Å². The fraction of sp³-hybridized carbons (Fsp3) is 0.630. The van der Waals surface area contributed by atoms with Crippen molar-refractivity contribution in [2.45, 2.75) is 110 Å². The number of allylic oxidation sites excluding steroid dienone is 2. The summed E-state index contributed by atoms with van der Waals surface area (Å²) in [6.07, 6.45) is 27.1. The third kappa shape index (κ3) is 24.0. The van der Waals surface area contributed by atoms with E-state index in [4.69, 9.17) is 6.42 Å². The van der Waals surface area contributed by atoms with Crippen molar-refractivity contribution in [3.63, 3.8) is 0 Å². The number of hydrogen-bond acceptors (Lipinski definition) is 0. The van der Waals surface area contributed by atoms with Crippen LogP contribution in [0.3, 0.4) is 0 Å². The third-order valence-corrected chi connectivity index (χ3v) is 4.12. The molecule has 0 atom stereocenters. The maximum absolute atomic E-state index is 5.14. The lowest BCUT2D eigenvalue weighted by molar-refractivity contribution is 0.679. The Morgan fingerprint density at radius 3 is 1.37 bits per heavy atom. The largest absolute Gasteiger partial charge is 0.115 e. The van der Waals surface area contributed by atoms with Gasteiger partial charge in [-0.15, -0.1) is 41.9 Å². The van der Waals surface area contributed by atoms with Gasteiger partial charge in [-0.2, -0.15) is 0 Å². The number of rotatable bonds is 13. The summed E-state index contributed by atoms with van der Waals surface area (Å²) >= 11 is 0. The topological polar surface area (TPSA) is 0 Å². The molecule has 0 spiro atoms. The van der Waals surface area contributed by atoms with Crippen molar-refractivity contribution in [1.29, 1.82) is 0 Å². The lowest BCUT2D eigenvalue weighted by atomic mass is 10.1. The SMILES string of the molecule is C#CC=CCCCC#CCCCCC#CCCCCC#CCCCCCC. The summed E-state index contributed by atoms with van der Waals surface area (Å²) in [6.45, 7) is 2.25. The normalized spacial score (nSPS) is 9.48. The van der Waals surface area contributed by atoms with Gasteiger partial charge in [0, 0.05) is 38.5 Å². The van der Waals surface area contributed by atoms with E-state index in [2.05, 4.69) is 48.4 Å². The van der Waals surface area contributed by atoms with Gasteiger partial charge in [-0.05, 0) is 51.0 Å². The minimum absolute atomic E-state index is 0.970. The minimum atomic E-state index is 0.970. The molecule has 0 aromatic rings. The Balaban J connectivity index is 3.33. The van der Waals surface area contributed by atoms with Crippen LogP contribution in [0.4, 0.5) is 0 Å². The van der Waals surface area contributed by atoms with Crippen LogP contribution in [0.15, 0.2) is 12.2 Å². The Morgan fingerprint density at radius 2 is 0.963 bits per heavy atom. The molecule has 0 fully saturated rings. The summed E-state index contributed by atoms with van der Waals surface area (Å²) in [4.78, 5) is 0. The molecule has 0 aromatic carbocycles. The fourth-order valence-corrected chi connectivity index (χ4v) is 2.48. The quantitative estimate of drug-likeness (QED) is 0.236. The molecule has 0 aliphatic rings. The maximum atomic E-state index is 5.14. The monoisotopic (exact) mass is 362 g/mol. The van der Waals surface area contributed by atoms with Crippen molar-refractivity contribution >= 4 is 0 Å². The summed E-state index contributed by atoms with van der Waals surface area (Å²) in [5, 5.41) is 0. The Kier molecular flexibility index (Phi) is 22.2. The first-order chi connectivity index (χ1) is 13.4. The molecule has 0 nitrogen and oxygen atoms in total. The molecule has 0 heteroatoms. The van der Waals surface area contributed by atoms with Crippen LogP contribution < -0.4 is 0 Å². The zero-order valence-corrected chi connectivity index (χ0v) is 17.5. The molecule has 146 valence electrons. The van der Waals surface area contributed by atoms with Crippen LogP contribution in [0.2, 0.25) is 0 Å². The molecular weight excluding hydrogens is 324 g/mol. The molecule has 0 aromatic heterocycles. The highest BCUT2D eigenvalue weighted by atomic mass is 13.9. The molecule has 0 rings (SSSR count). The van der Waals surface area contributed by atoms with Crippen LogP contribution in [-0.2, 0) is 0 Å². The van der Waals surface area contributed by atoms with Crippen LogP contribution in [0.1, 0.15) is 110 Å². The van der Waals surface area contributed by atoms with E-state index in [9.17, 15) is 0 Å². The maximum Gasteiger partial charge on any atom is 0.00916 e. The van der Waals surface area contributed by atoms with Crippen molar-refractivity contribution < 1.29 is 0 Å². The Hall–Kier alpha value is -2.02. The molecule has 0 aliphatic heterocycles. The highest BCUT2D eigenvalue weighted by molar-refractivity contribution is 5.08. The van der Waals surface area contributed by atoms with Gasteiger partial charge in [0.05, 0.1) is 0 Å². The van der Waals surface area contributed by atoms with Gasteiger partial charge in [0.15, 0.2) is 0 Å². The Labute approximate surface area is 170 Å². The standard InChI is InChI=1S/C27H38/c1-3-5-7-9-11-13-15-17-19-21-23-25-27-26-24-22-20-18-16-14-12-10-8-6-4-2/h1,5,7H,4,6,8-13,18-25H2,2H3. The molecule has 0 amide bonds. The summed E-state index contributed by atoms with van der Waals surface area (Å²) in [6, 6.07) is 0. The first kappa shape index (κ1) is 25.0. The van der Waals surface area contributed by atoms with Gasteiger partial charge in [0.1, 0.15) is 0 Å². The van der Waals surface area contributed by atoms with Gasteiger partial charge in [0.25, 0.3) is 0 Å². The van der Waals surface area contributed by atoms with Crippen LogP contribution in [-0.4, -0.2) is 0 Å². The van der Waals surface area contributed by atoms with E-state index in [1.165, 1.54) is 38.5 Å². The van der Waals surface area contributed by atoms with Crippen molar-refractivity contribution in [3.05, 3.63) is 12.2 Å². The fourth-order valence-electron chi connectivity index (χ4n) is 2.48. The van der Waals surface area contributed by atoms with Gasteiger partial charge < -0.3 is 0 Å². The van der Waals surface area contributed by atoms with Crippen LogP contribution in [0.5, 0.6) is 0 Å². The summed E-state index contributed by atoms with van der Waals surface area (Å²) < 4.78 is 0. The highest BCUT2D eigenvalue weighted by Gasteiger charge is 1.86. The summed E-state index contributed by atoms with van der Waals surface area (Å²) in [5.74, 6) is 22.1. The zero-order chi connectivity index (χ0) is 19.7. The molecule has 0 N–H and O–H groups in total. The molecule has 0 radical (unpaired) electrons. The lowest BCUT2D eigenvalue weighted by Crippen LogP contribution is -1.76. The highest BCUT2D eigenvalue weighted by Crippen LogP contribution is 2.03. The second kappa shape index (κ2) is 24.0. The molecule has 27 heavy (non-hydrogen) atoms. The van der Waals surface area contributed by atoms with E-state index in [1.54, 1.807) is 6.08 Å². The molecule has 0 bridgehead atoms. The van der Waals surface area contributed by atoms with E-state index >= 15 is 0 Å². The Morgan fingerprint density at radius 1 is 0.556 bits per heavy atom. The van der Waals surface area contributed by atoms with Crippen molar-refractivity contribution in [2.75, 3.05) is 0 Å². The Bertz CT molecular complexity index is 565. The number of unbranched alkanes of at least 4 members (excludes halogenated alkanes) is 12. The van der Waals surface area contributed by atoms with E-state index in [0.29, 0.717) is 0 Å². The molecule has 0 heterocycles. The number of hydrogen-bond donors (Lipinski definition) is 0. The van der Waals surface area contributed by atoms with Gasteiger partial charge in [-0.1, -0.05) is 38.2 Å². The van der Waals surface area contributed by atoms with Gasteiger partial charge in [-0.25, -0.2) is 0 Å². The third-order valence-electron chi connectivity index (χ3n) is 4.12. The second-order valence-electron chi connectivity index (χ2n) is 6.75. The molecule has 0 saturated heterocycles. The lowest BCUT2D eigenvalue weighted by Gasteiger charge is -1.92.